The van der Waals surface area contributed by atoms with Crippen LogP contribution < -0.4 is 10.6 Å². The molecule has 0 bridgehead atoms. The summed E-state index contributed by atoms with van der Waals surface area (Å²) in [6.45, 7) is 0. The van der Waals surface area contributed by atoms with Gasteiger partial charge in [0.1, 0.15) is 23.1 Å². The topological polar surface area (TPSA) is 128 Å². The first-order valence-corrected chi connectivity index (χ1v) is 6.72. The number of rotatable bonds is 5. The fourth-order valence-corrected chi connectivity index (χ4v) is 1.82. The van der Waals surface area contributed by atoms with Crippen molar-refractivity contribution in [2.45, 2.75) is 0 Å². The number of hydrogen-bond donors (Lipinski definition) is 3. The van der Waals surface area contributed by atoms with E-state index >= 15 is 0 Å². The highest BCUT2D eigenvalue weighted by Crippen LogP contribution is 2.24. The number of nitrogens with one attached hydrogen (secondary N) is 2. The Kier molecular flexibility index (Phi) is 5.10. The zero-order valence-corrected chi connectivity index (χ0v) is 12.3. The van der Waals surface area contributed by atoms with Gasteiger partial charge in [0.15, 0.2) is 0 Å². The van der Waals surface area contributed by atoms with Crippen molar-refractivity contribution in [3.63, 3.8) is 0 Å². The molecule has 0 saturated heterocycles. The van der Waals surface area contributed by atoms with E-state index in [0.29, 0.717) is 0 Å². The molecule has 0 unspecified atom stereocenters. The molecule has 24 heavy (non-hydrogen) atoms. The molecule has 0 heterocycles. The number of amides is 1. The number of para-hydroxylation sites is 4. The summed E-state index contributed by atoms with van der Waals surface area (Å²) in [5, 5.41) is 34.6. The molecular weight excluding hydrogens is 312 g/mol. The SMILES string of the molecule is N#C/C(=C/Nc1ccccc1[N+](=O)[O-])C(=O)Nc1ccccc1O. The third-order valence-corrected chi connectivity index (χ3v) is 2.99. The quantitative estimate of drug-likeness (QED) is 0.255. The number of aromatic hydroxyl groups is 1. The summed E-state index contributed by atoms with van der Waals surface area (Å²) in [5.41, 5.74) is -0.205. The van der Waals surface area contributed by atoms with Crippen molar-refractivity contribution in [2.24, 2.45) is 0 Å². The van der Waals surface area contributed by atoms with E-state index in [2.05, 4.69) is 10.6 Å². The summed E-state index contributed by atoms with van der Waals surface area (Å²) in [5.74, 6) is -0.903. The Labute approximate surface area is 136 Å². The molecule has 0 aromatic heterocycles. The molecule has 120 valence electrons. The van der Waals surface area contributed by atoms with Crippen LogP contribution in [0.15, 0.2) is 60.3 Å². The van der Waals surface area contributed by atoms with Crippen LogP contribution in [0.5, 0.6) is 5.75 Å². The average molecular weight is 324 g/mol. The van der Waals surface area contributed by atoms with Crippen molar-refractivity contribution in [3.05, 3.63) is 70.4 Å². The Morgan fingerprint density at radius 3 is 2.42 bits per heavy atom. The lowest BCUT2D eigenvalue weighted by Crippen LogP contribution is -2.14. The summed E-state index contributed by atoms with van der Waals surface area (Å²) in [4.78, 5) is 22.4. The standard InChI is InChI=1S/C16H12N4O4/c17-9-11(16(22)19-13-6-2-4-8-15(13)21)10-18-12-5-1-3-7-14(12)20(23)24/h1-8,10,18,21H,(H,19,22)/b11-10-. The molecule has 0 aliphatic rings. The first-order valence-electron chi connectivity index (χ1n) is 6.72. The van der Waals surface area contributed by atoms with Gasteiger partial charge in [-0.3, -0.25) is 14.9 Å². The van der Waals surface area contributed by atoms with Gasteiger partial charge in [-0.1, -0.05) is 24.3 Å². The third kappa shape index (κ3) is 3.86. The van der Waals surface area contributed by atoms with Crippen LogP contribution in [0.25, 0.3) is 0 Å². The van der Waals surface area contributed by atoms with Crippen LogP contribution in [0.2, 0.25) is 0 Å². The maximum Gasteiger partial charge on any atom is 0.292 e. The summed E-state index contributed by atoms with van der Waals surface area (Å²) >= 11 is 0. The van der Waals surface area contributed by atoms with Gasteiger partial charge in [0.05, 0.1) is 10.6 Å². The highest BCUT2D eigenvalue weighted by molar-refractivity contribution is 6.07. The van der Waals surface area contributed by atoms with Gasteiger partial charge < -0.3 is 15.7 Å². The number of nitro benzene ring substituents is 1. The van der Waals surface area contributed by atoms with Crippen molar-refractivity contribution in [1.82, 2.24) is 0 Å². The van der Waals surface area contributed by atoms with Crippen LogP contribution in [-0.2, 0) is 4.79 Å². The van der Waals surface area contributed by atoms with Gasteiger partial charge in [0.25, 0.3) is 11.6 Å². The first-order chi connectivity index (χ1) is 11.5. The number of nitro groups is 1. The van der Waals surface area contributed by atoms with Crippen LogP contribution in [0.1, 0.15) is 0 Å². The number of anilines is 2. The zero-order chi connectivity index (χ0) is 17.5. The smallest absolute Gasteiger partial charge is 0.292 e. The molecule has 0 spiro atoms. The molecule has 2 rings (SSSR count). The molecular formula is C16H12N4O4. The third-order valence-electron chi connectivity index (χ3n) is 2.99. The molecule has 0 radical (unpaired) electrons. The lowest BCUT2D eigenvalue weighted by molar-refractivity contribution is -0.383. The van der Waals surface area contributed by atoms with Crippen molar-refractivity contribution in [2.75, 3.05) is 10.6 Å². The molecule has 0 aliphatic carbocycles. The number of carbonyl (C=O) groups excluding carboxylic acids is 1. The Morgan fingerprint density at radius 1 is 1.17 bits per heavy atom. The minimum atomic E-state index is -0.759. The van der Waals surface area contributed by atoms with E-state index in [0.717, 1.165) is 6.20 Å². The molecule has 8 nitrogen and oxygen atoms in total. The van der Waals surface area contributed by atoms with E-state index in [-0.39, 0.29) is 28.4 Å². The van der Waals surface area contributed by atoms with Gasteiger partial charge >= 0.3 is 0 Å². The summed E-state index contributed by atoms with van der Waals surface area (Å²) < 4.78 is 0. The predicted molar refractivity (Wildman–Crippen MR) is 87.2 cm³/mol. The van der Waals surface area contributed by atoms with Gasteiger partial charge in [-0.05, 0) is 18.2 Å². The minimum Gasteiger partial charge on any atom is -0.506 e. The van der Waals surface area contributed by atoms with Crippen LogP contribution in [-0.4, -0.2) is 15.9 Å². The van der Waals surface area contributed by atoms with Crippen LogP contribution in [0.3, 0.4) is 0 Å². The van der Waals surface area contributed by atoms with Gasteiger partial charge in [0.2, 0.25) is 0 Å². The van der Waals surface area contributed by atoms with Crippen molar-refractivity contribution >= 4 is 23.0 Å². The molecule has 3 N–H and O–H groups in total. The van der Waals surface area contributed by atoms with E-state index in [9.17, 15) is 20.0 Å². The number of carbonyl (C=O) groups is 1. The largest absolute Gasteiger partial charge is 0.506 e. The van der Waals surface area contributed by atoms with E-state index in [1.54, 1.807) is 24.3 Å². The van der Waals surface area contributed by atoms with E-state index < -0.39 is 10.8 Å². The Bertz CT molecular complexity index is 855. The van der Waals surface area contributed by atoms with Crippen LogP contribution in [0, 0.1) is 21.4 Å². The normalized spacial score (nSPS) is 10.5. The first kappa shape index (κ1) is 16.5. The van der Waals surface area contributed by atoms with Gasteiger partial charge in [-0.2, -0.15) is 5.26 Å². The number of nitrogens with zero attached hydrogens (tertiary/aromatic N) is 2. The second-order valence-electron chi connectivity index (χ2n) is 4.56. The maximum absolute atomic E-state index is 12.0. The van der Waals surface area contributed by atoms with Crippen molar-refractivity contribution in [3.8, 4) is 11.8 Å². The molecule has 0 aliphatic heterocycles. The zero-order valence-electron chi connectivity index (χ0n) is 12.3. The van der Waals surface area contributed by atoms with E-state index in [4.69, 9.17) is 5.26 Å². The minimum absolute atomic E-state index is 0.144. The van der Waals surface area contributed by atoms with E-state index in [1.165, 1.54) is 30.3 Å². The maximum atomic E-state index is 12.0. The second-order valence-corrected chi connectivity index (χ2v) is 4.56. The summed E-state index contributed by atoms with van der Waals surface area (Å²) in [6, 6.07) is 13.6. The number of hydrogen-bond acceptors (Lipinski definition) is 6. The van der Waals surface area contributed by atoms with Crippen LogP contribution >= 0.6 is 0 Å². The Morgan fingerprint density at radius 2 is 1.79 bits per heavy atom. The van der Waals surface area contributed by atoms with Gasteiger partial charge in [-0.25, -0.2) is 0 Å². The molecule has 0 saturated carbocycles. The molecule has 8 heteroatoms. The fourth-order valence-electron chi connectivity index (χ4n) is 1.82. The van der Waals surface area contributed by atoms with Gasteiger partial charge in [0, 0.05) is 12.3 Å². The number of nitriles is 1. The molecule has 2 aromatic carbocycles. The predicted octanol–water partition coefficient (Wildman–Crippen LogP) is 2.76. The number of benzene rings is 2. The monoisotopic (exact) mass is 324 g/mol. The second kappa shape index (κ2) is 7.42. The van der Waals surface area contributed by atoms with Crippen molar-refractivity contribution in [1.29, 1.82) is 5.26 Å². The van der Waals surface area contributed by atoms with Gasteiger partial charge in [-0.15, -0.1) is 0 Å². The molecule has 0 atom stereocenters. The Hall–Kier alpha value is -3.86. The summed E-state index contributed by atoms with van der Waals surface area (Å²) in [6.07, 6.45) is 1.07. The lowest BCUT2D eigenvalue weighted by Gasteiger charge is -2.07. The average Bonchev–Trinajstić information content (AvgIpc) is 2.57. The molecule has 2 aromatic rings. The van der Waals surface area contributed by atoms with E-state index in [1.807, 2.05) is 0 Å². The molecule has 1 amide bonds. The number of phenols is 1. The fraction of sp³-hybridized carbons (Fsp3) is 0. The van der Waals surface area contributed by atoms with Crippen molar-refractivity contribution < 1.29 is 14.8 Å². The molecule has 0 fully saturated rings. The van der Waals surface area contributed by atoms with Crippen LogP contribution in [0.4, 0.5) is 17.1 Å². The highest BCUT2D eigenvalue weighted by atomic mass is 16.6. The summed E-state index contributed by atoms with van der Waals surface area (Å²) in [7, 11) is 0. The number of phenolic OH excluding ortho intramolecular Hbond substituents is 1. The highest BCUT2D eigenvalue weighted by Gasteiger charge is 2.14. The Balaban J connectivity index is 2.18. The lowest BCUT2D eigenvalue weighted by atomic mass is 10.2.